The van der Waals surface area contributed by atoms with Gasteiger partial charge in [-0.3, -0.25) is 0 Å². The molecule has 0 aromatic heterocycles. The molecule has 1 aliphatic heterocycles. The Morgan fingerprint density at radius 2 is 2.38 bits per heavy atom. The van der Waals surface area contributed by atoms with Crippen LogP contribution in [-0.4, -0.2) is 25.8 Å². The van der Waals surface area contributed by atoms with Crippen molar-refractivity contribution >= 4 is 11.4 Å². The van der Waals surface area contributed by atoms with Gasteiger partial charge in [0, 0.05) is 6.54 Å². The van der Waals surface area contributed by atoms with Crippen LogP contribution in [0.1, 0.15) is 13.3 Å². The first-order valence-electron chi connectivity index (χ1n) is 5.62. The first-order valence-corrected chi connectivity index (χ1v) is 5.62. The molecule has 0 amide bonds. The molecule has 2 N–H and O–H groups in total. The number of halogens is 1. The molecule has 1 unspecified atom stereocenters. The summed E-state index contributed by atoms with van der Waals surface area (Å²) in [6, 6.07) is 5.24. The second-order valence-electron chi connectivity index (χ2n) is 4.00. The number of anilines is 2. The van der Waals surface area contributed by atoms with E-state index in [-0.39, 0.29) is 17.5 Å². The molecule has 0 spiro atoms. The number of nitrogen functional groups attached to an aromatic ring is 1. The standard InChI is InChI=1S/C12H17FN2O/c1-2-9-8-16-7-6-15(9)11-5-3-4-10(13)12(11)14/h3-5,9H,2,6-8,14H2,1H3. The maximum Gasteiger partial charge on any atom is 0.148 e. The van der Waals surface area contributed by atoms with Crippen molar-refractivity contribution in [3.63, 3.8) is 0 Å². The average Bonchev–Trinajstić information content (AvgIpc) is 2.33. The normalized spacial score (nSPS) is 21.1. The predicted molar refractivity (Wildman–Crippen MR) is 63.1 cm³/mol. The minimum Gasteiger partial charge on any atom is -0.395 e. The van der Waals surface area contributed by atoms with Crippen LogP contribution in [0, 0.1) is 5.82 Å². The Hall–Kier alpha value is -1.29. The van der Waals surface area contributed by atoms with E-state index in [1.807, 2.05) is 6.07 Å². The van der Waals surface area contributed by atoms with Crippen LogP contribution in [0.25, 0.3) is 0 Å². The van der Waals surface area contributed by atoms with E-state index in [0.717, 1.165) is 18.7 Å². The lowest BCUT2D eigenvalue weighted by atomic mass is 10.1. The Labute approximate surface area is 95.0 Å². The van der Waals surface area contributed by atoms with Gasteiger partial charge >= 0.3 is 0 Å². The summed E-state index contributed by atoms with van der Waals surface area (Å²) in [5, 5.41) is 0. The smallest absolute Gasteiger partial charge is 0.148 e. The first kappa shape index (κ1) is 11.2. The highest BCUT2D eigenvalue weighted by molar-refractivity contribution is 5.68. The average molecular weight is 224 g/mol. The van der Waals surface area contributed by atoms with Crippen LogP contribution in [0.2, 0.25) is 0 Å². The Bertz CT molecular complexity index is 370. The number of hydrogen-bond donors (Lipinski definition) is 1. The molecular weight excluding hydrogens is 207 g/mol. The highest BCUT2D eigenvalue weighted by Crippen LogP contribution is 2.29. The maximum absolute atomic E-state index is 13.4. The van der Waals surface area contributed by atoms with Gasteiger partial charge in [0.2, 0.25) is 0 Å². The number of para-hydroxylation sites is 1. The molecule has 1 heterocycles. The van der Waals surface area contributed by atoms with E-state index in [4.69, 9.17) is 10.5 Å². The lowest BCUT2D eigenvalue weighted by molar-refractivity contribution is 0.0930. The number of rotatable bonds is 2. The van der Waals surface area contributed by atoms with E-state index in [9.17, 15) is 4.39 Å². The molecule has 16 heavy (non-hydrogen) atoms. The monoisotopic (exact) mass is 224 g/mol. The molecule has 1 aromatic carbocycles. The zero-order chi connectivity index (χ0) is 11.5. The molecule has 1 fully saturated rings. The molecule has 0 bridgehead atoms. The Morgan fingerprint density at radius 3 is 3.12 bits per heavy atom. The van der Waals surface area contributed by atoms with Crippen molar-refractivity contribution in [2.24, 2.45) is 0 Å². The van der Waals surface area contributed by atoms with Crippen LogP contribution < -0.4 is 10.6 Å². The molecule has 88 valence electrons. The predicted octanol–water partition coefficient (Wildman–Crippen LogP) is 2.02. The number of morpholine rings is 1. The van der Waals surface area contributed by atoms with Crippen LogP contribution in [0.5, 0.6) is 0 Å². The summed E-state index contributed by atoms with van der Waals surface area (Å²) in [7, 11) is 0. The summed E-state index contributed by atoms with van der Waals surface area (Å²) in [5.74, 6) is -0.348. The number of benzene rings is 1. The summed E-state index contributed by atoms with van der Waals surface area (Å²) >= 11 is 0. The second kappa shape index (κ2) is 4.70. The SMILES string of the molecule is CCC1COCCN1c1cccc(F)c1N. The van der Waals surface area contributed by atoms with Gasteiger partial charge in [-0.2, -0.15) is 0 Å². The maximum atomic E-state index is 13.4. The Balaban J connectivity index is 2.30. The Morgan fingerprint density at radius 1 is 1.56 bits per heavy atom. The number of ether oxygens (including phenoxy) is 1. The second-order valence-corrected chi connectivity index (χ2v) is 4.00. The summed E-state index contributed by atoms with van der Waals surface area (Å²) < 4.78 is 18.8. The van der Waals surface area contributed by atoms with Gasteiger partial charge in [-0.15, -0.1) is 0 Å². The minimum absolute atomic E-state index is 0.239. The van der Waals surface area contributed by atoms with E-state index in [1.165, 1.54) is 6.07 Å². The van der Waals surface area contributed by atoms with Crippen molar-refractivity contribution in [2.45, 2.75) is 19.4 Å². The van der Waals surface area contributed by atoms with Crippen LogP contribution in [0.3, 0.4) is 0 Å². The van der Waals surface area contributed by atoms with Crippen LogP contribution in [-0.2, 0) is 4.74 Å². The van der Waals surface area contributed by atoms with Crippen molar-refractivity contribution in [3.05, 3.63) is 24.0 Å². The number of hydrogen-bond acceptors (Lipinski definition) is 3. The van der Waals surface area contributed by atoms with Crippen molar-refractivity contribution in [2.75, 3.05) is 30.4 Å². The summed E-state index contributed by atoms with van der Waals surface area (Å²) in [6.45, 7) is 4.23. The lowest BCUT2D eigenvalue weighted by Gasteiger charge is -2.37. The summed E-state index contributed by atoms with van der Waals surface area (Å²) in [5.41, 5.74) is 6.80. The van der Waals surface area contributed by atoms with E-state index < -0.39 is 0 Å². The molecule has 1 saturated heterocycles. The number of nitrogens with zero attached hydrogens (tertiary/aromatic N) is 1. The molecule has 2 rings (SSSR count). The van der Waals surface area contributed by atoms with Crippen molar-refractivity contribution < 1.29 is 9.13 Å². The van der Waals surface area contributed by atoms with Gasteiger partial charge in [0.05, 0.1) is 30.6 Å². The fraction of sp³-hybridized carbons (Fsp3) is 0.500. The topological polar surface area (TPSA) is 38.5 Å². The zero-order valence-electron chi connectivity index (χ0n) is 9.45. The molecule has 1 atom stereocenters. The van der Waals surface area contributed by atoms with Gasteiger partial charge in [0.15, 0.2) is 0 Å². The molecular formula is C12H17FN2O. The third kappa shape index (κ3) is 1.97. The molecule has 4 heteroatoms. The largest absolute Gasteiger partial charge is 0.395 e. The van der Waals surface area contributed by atoms with Crippen molar-refractivity contribution in [1.82, 2.24) is 0 Å². The highest BCUT2D eigenvalue weighted by atomic mass is 19.1. The summed E-state index contributed by atoms with van der Waals surface area (Å²) in [4.78, 5) is 2.14. The zero-order valence-corrected chi connectivity index (χ0v) is 9.45. The van der Waals surface area contributed by atoms with Crippen LogP contribution in [0.4, 0.5) is 15.8 Å². The van der Waals surface area contributed by atoms with Gasteiger partial charge in [-0.1, -0.05) is 13.0 Å². The van der Waals surface area contributed by atoms with Gasteiger partial charge in [0.1, 0.15) is 5.82 Å². The molecule has 1 aromatic rings. The van der Waals surface area contributed by atoms with Gasteiger partial charge in [0.25, 0.3) is 0 Å². The first-order chi connectivity index (χ1) is 7.74. The number of nitrogens with two attached hydrogens (primary N) is 1. The van der Waals surface area contributed by atoms with Gasteiger partial charge in [-0.05, 0) is 18.6 Å². The fourth-order valence-electron chi connectivity index (χ4n) is 2.09. The van der Waals surface area contributed by atoms with E-state index in [0.29, 0.717) is 13.2 Å². The Kier molecular flexibility index (Phi) is 3.29. The summed E-state index contributed by atoms with van der Waals surface area (Å²) in [6.07, 6.45) is 0.968. The molecule has 0 aliphatic carbocycles. The van der Waals surface area contributed by atoms with E-state index in [1.54, 1.807) is 6.07 Å². The molecule has 0 saturated carbocycles. The molecule has 1 aliphatic rings. The van der Waals surface area contributed by atoms with Crippen LogP contribution in [0.15, 0.2) is 18.2 Å². The van der Waals surface area contributed by atoms with Crippen molar-refractivity contribution in [3.8, 4) is 0 Å². The van der Waals surface area contributed by atoms with Crippen molar-refractivity contribution in [1.29, 1.82) is 0 Å². The van der Waals surface area contributed by atoms with E-state index in [2.05, 4.69) is 11.8 Å². The third-order valence-corrected chi connectivity index (χ3v) is 3.04. The fourth-order valence-corrected chi connectivity index (χ4v) is 2.09. The van der Waals surface area contributed by atoms with E-state index >= 15 is 0 Å². The van der Waals surface area contributed by atoms with Gasteiger partial charge < -0.3 is 15.4 Å². The van der Waals surface area contributed by atoms with Crippen LogP contribution >= 0.6 is 0 Å². The third-order valence-electron chi connectivity index (χ3n) is 3.04. The highest BCUT2D eigenvalue weighted by Gasteiger charge is 2.23. The van der Waals surface area contributed by atoms with Gasteiger partial charge in [-0.25, -0.2) is 4.39 Å². The lowest BCUT2D eigenvalue weighted by Crippen LogP contribution is -2.45. The quantitative estimate of drug-likeness (QED) is 0.781. The molecule has 0 radical (unpaired) electrons. The molecule has 3 nitrogen and oxygen atoms in total. The minimum atomic E-state index is -0.348.